The minimum absolute atomic E-state index is 0.236. The van der Waals surface area contributed by atoms with E-state index >= 15 is 0 Å². The third-order valence-corrected chi connectivity index (χ3v) is 2.75. The lowest BCUT2D eigenvalue weighted by molar-refractivity contribution is 0.474. The van der Waals surface area contributed by atoms with Crippen LogP contribution < -0.4 is 0 Å². The lowest BCUT2D eigenvalue weighted by Crippen LogP contribution is -2.18. The van der Waals surface area contributed by atoms with Crippen LogP contribution in [0, 0.1) is 5.41 Å². The van der Waals surface area contributed by atoms with E-state index in [0.29, 0.717) is 5.57 Å². The van der Waals surface area contributed by atoms with Crippen molar-refractivity contribution in [3.8, 4) is 0 Å². The van der Waals surface area contributed by atoms with Gasteiger partial charge >= 0.3 is 0 Å². The first-order valence-electron chi connectivity index (χ1n) is 3.39. The second-order valence-corrected chi connectivity index (χ2v) is 4.13. The number of allylic oxidation sites excluding steroid dienone is 3. The van der Waals surface area contributed by atoms with Crippen molar-refractivity contribution in [3.05, 3.63) is 23.8 Å². The van der Waals surface area contributed by atoms with Crippen molar-refractivity contribution < 1.29 is 13.0 Å². The molecule has 0 aromatic carbocycles. The molecule has 1 rings (SSSR count). The Morgan fingerprint density at radius 2 is 2.33 bits per heavy atom. The van der Waals surface area contributed by atoms with Crippen molar-refractivity contribution >= 4 is 16.3 Å². The summed E-state index contributed by atoms with van der Waals surface area (Å²) in [6.45, 7) is 0. The first-order valence-corrected chi connectivity index (χ1v) is 4.89. The van der Waals surface area contributed by atoms with Gasteiger partial charge in [-0.2, -0.15) is 8.42 Å². The minimum atomic E-state index is -3.96. The molecule has 1 unspecified atom stereocenters. The molecule has 0 fully saturated rings. The Morgan fingerprint density at radius 1 is 1.67 bits per heavy atom. The van der Waals surface area contributed by atoms with E-state index in [1.54, 1.807) is 6.08 Å². The fourth-order valence-electron chi connectivity index (χ4n) is 0.945. The Balaban J connectivity index is 2.79. The van der Waals surface area contributed by atoms with Crippen LogP contribution in [-0.2, 0) is 10.1 Å². The van der Waals surface area contributed by atoms with Gasteiger partial charge in [0.1, 0.15) is 5.25 Å². The molecule has 1 aliphatic carbocycles. The van der Waals surface area contributed by atoms with E-state index < -0.39 is 15.4 Å². The SMILES string of the molecule is N=CC1=CCC(S(=O)(=O)O)C=C1. The van der Waals surface area contributed by atoms with Crippen molar-refractivity contribution in [2.45, 2.75) is 11.7 Å². The van der Waals surface area contributed by atoms with E-state index in [1.807, 2.05) is 0 Å². The smallest absolute Gasteiger partial charge is 0.271 e. The van der Waals surface area contributed by atoms with Crippen molar-refractivity contribution in [1.82, 2.24) is 0 Å². The van der Waals surface area contributed by atoms with Crippen molar-refractivity contribution in [2.75, 3.05) is 0 Å². The normalized spacial score (nSPS) is 23.4. The third-order valence-electron chi connectivity index (χ3n) is 1.64. The monoisotopic (exact) mass is 187 g/mol. The number of rotatable bonds is 2. The molecule has 0 amide bonds. The van der Waals surface area contributed by atoms with Crippen LogP contribution in [0.5, 0.6) is 0 Å². The maximum atomic E-state index is 10.6. The van der Waals surface area contributed by atoms with Crippen LogP contribution in [0.25, 0.3) is 0 Å². The van der Waals surface area contributed by atoms with Gasteiger partial charge in [0.2, 0.25) is 0 Å². The highest BCUT2D eigenvalue weighted by Gasteiger charge is 2.20. The van der Waals surface area contributed by atoms with Crippen molar-refractivity contribution in [2.24, 2.45) is 0 Å². The number of hydrogen-bond donors (Lipinski definition) is 2. The molecule has 12 heavy (non-hydrogen) atoms. The number of hydrogen-bond acceptors (Lipinski definition) is 3. The molecule has 0 aromatic rings. The third kappa shape index (κ3) is 2.02. The highest BCUT2D eigenvalue weighted by atomic mass is 32.2. The van der Waals surface area contributed by atoms with Crippen molar-refractivity contribution in [1.29, 1.82) is 5.41 Å². The zero-order valence-electron chi connectivity index (χ0n) is 6.27. The van der Waals surface area contributed by atoms with Crippen LogP contribution in [-0.4, -0.2) is 24.4 Å². The average Bonchev–Trinajstić information content (AvgIpc) is 2.03. The molecule has 1 aliphatic rings. The summed E-state index contributed by atoms with van der Waals surface area (Å²) in [6, 6.07) is 0. The Morgan fingerprint density at radius 3 is 2.67 bits per heavy atom. The summed E-state index contributed by atoms with van der Waals surface area (Å²) in [5.41, 5.74) is 0.662. The van der Waals surface area contributed by atoms with Gasteiger partial charge in [0.25, 0.3) is 10.1 Å². The second-order valence-electron chi connectivity index (χ2n) is 2.50. The van der Waals surface area contributed by atoms with Gasteiger partial charge in [-0.05, 0) is 12.0 Å². The first-order chi connectivity index (χ1) is 5.54. The van der Waals surface area contributed by atoms with Crippen LogP contribution in [0.15, 0.2) is 23.8 Å². The summed E-state index contributed by atoms with van der Waals surface area (Å²) in [4.78, 5) is 0. The largest absolute Gasteiger partial charge is 0.308 e. The quantitative estimate of drug-likeness (QED) is 0.495. The standard InChI is InChI=1S/C7H9NO3S/c8-5-6-1-3-7(4-2-6)12(9,10)11/h1-3,5,7-8H,4H2,(H,9,10,11). The molecule has 0 spiro atoms. The average molecular weight is 187 g/mol. The van der Waals surface area contributed by atoms with E-state index in [1.165, 1.54) is 12.2 Å². The summed E-state index contributed by atoms with van der Waals surface area (Å²) >= 11 is 0. The van der Waals surface area contributed by atoms with E-state index in [4.69, 9.17) is 9.96 Å². The second kappa shape index (κ2) is 3.20. The molecule has 1 atom stereocenters. The van der Waals surface area contributed by atoms with Gasteiger partial charge in [0.15, 0.2) is 0 Å². The molecule has 5 heteroatoms. The van der Waals surface area contributed by atoms with Gasteiger partial charge in [-0.25, -0.2) is 0 Å². The van der Waals surface area contributed by atoms with Gasteiger partial charge < -0.3 is 5.41 Å². The maximum absolute atomic E-state index is 10.6. The maximum Gasteiger partial charge on any atom is 0.271 e. The Hall–Kier alpha value is -0.940. The molecule has 0 aromatic heterocycles. The molecule has 0 saturated heterocycles. The Labute approximate surface area is 70.9 Å². The summed E-state index contributed by atoms with van der Waals surface area (Å²) in [5, 5.41) is 6.02. The Bertz CT molecular complexity index is 340. The van der Waals surface area contributed by atoms with Crippen LogP contribution in [0.2, 0.25) is 0 Å². The predicted molar refractivity (Wildman–Crippen MR) is 46.0 cm³/mol. The zero-order chi connectivity index (χ0) is 9.19. The summed E-state index contributed by atoms with van der Waals surface area (Å²) in [7, 11) is -3.96. The van der Waals surface area contributed by atoms with Crippen LogP contribution in [0.1, 0.15) is 6.42 Å². The zero-order valence-corrected chi connectivity index (χ0v) is 7.08. The minimum Gasteiger partial charge on any atom is -0.308 e. The molecule has 0 saturated carbocycles. The molecule has 0 bridgehead atoms. The lowest BCUT2D eigenvalue weighted by Gasteiger charge is -2.10. The van der Waals surface area contributed by atoms with Crippen LogP contribution in [0.4, 0.5) is 0 Å². The highest BCUT2D eigenvalue weighted by molar-refractivity contribution is 7.86. The lowest BCUT2D eigenvalue weighted by atomic mass is 10.1. The molecular weight excluding hydrogens is 178 g/mol. The summed E-state index contributed by atoms with van der Waals surface area (Å²) < 4.78 is 29.8. The first kappa shape index (κ1) is 9.15. The van der Waals surface area contributed by atoms with Crippen LogP contribution >= 0.6 is 0 Å². The van der Waals surface area contributed by atoms with E-state index in [2.05, 4.69) is 0 Å². The molecule has 0 heterocycles. The summed E-state index contributed by atoms with van der Waals surface area (Å²) in [6.07, 6.45) is 5.87. The van der Waals surface area contributed by atoms with Crippen molar-refractivity contribution in [3.63, 3.8) is 0 Å². The fraction of sp³-hybridized carbons (Fsp3) is 0.286. The topological polar surface area (TPSA) is 78.2 Å². The van der Waals surface area contributed by atoms with Gasteiger partial charge in [-0.3, -0.25) is 4.55 Å². The van der Waals surface area contributed by atoms with E-state index in [0.717, 1.165) is 6.21 Å². The summed E-state index contributed by atoms with van der Waals surface area (Å²) in [5.74, 6) is 0. The molecule has 4 nitrogen and oxygen atoms in total. The Kier molecular flexibility index (Phi) is 2.44. The molecule has 0 aliphatic heterocycles. The highest BCUT2D eigenvalue weighted by Crippen LogP contribution is 2.14. The number of nitrogens with one attached hydrogen (secondary N) is 1. The van der Waals surface area contributed by atoms with Gasteiger partial charge in [0.05, 0.1) is 0 Å². The van der Waals surface area contributed by atoms with Gasteiger partial charge in [-0.1, -0.05) is 18.2 Å². The van der Waals surface area contributed by atoms with E-state index in [-0.39, 0.29) is 6.42 Å². The molecule has 2 N–H and O–H groups in total. The van der Waals surface area contributed by atoms with Gasteiger partial charge in [-0.15, -0.1) is 0 Å². The van der Waals surface area contributed by atoms with Gasteiger partial charge in [0, 0.05) is 6.21 Å². The molecule has 66 valence electrons. The predicted octanol–water partition coefficient (Wildman–Crippen LogP) is 0.779. The van der Waals surface area contributed by atoms with E-state index in [9.17, 15) is 8.42 Å². The van der Waals surface area contributed by atoms with Crippen LogP contribution in [0.3, 0.4) is 0 Å². The molecule has 0 radical (unpaired) electrons. The fourth-order valence-corrected chi connectivity index (χ4v) is 1.56. The molecular formula is C7H9NO3S.